The van der Waals surface area contributed by atoms with Crippen molar-refractivity contribution in [3.8, 4) is 11.5 Å². The minimum absolute atomic E-state index is 0.0472. The fourth-order valence-electron chi connectivity index (χ4n) is 2.90. The predicted octanol–water partition coefficient (Wildman–Crippen LogP) is 3.40. The molecule has 138 valence electrons. The number of unbranched alkanes of at least 4 members (excludes halogenated alkanes) is 3. The van der Waals surface area contributed by atoms with Crippen LogP contribution in [-0.2, 0) is 9.59 Å². The van der Waals surface area contributed by atoms with Gasteiger partial charge in [-0.1, -0.05) is 18.9 Å². The number of carboxylic acids is 1. The highest BCUT2D eigenvalue weighted by atomic mass is 32.2. The van der Waals surface area contributed by atoms with Gasteiger partial charge in [0.1, 0.15) is 5.37 Å². The van der Waals surface area contributed by atoms with Crippen LogP contribution in [0.1, 0.15) is 49.5 Å². The fraction of sp³-hybridized carbons (Fsp3) is 0.556. The molecular weight excluding hydrogens is 342 g/mol. The molecular formula is C18H25NO5S. The van der Waals surface area contributed by atoms with Gasteiger partial charge in [0.2, 0.25) is 5.91 Å². The normalized spacial score (nSPS) is 16.8. The molecule has 0 aliphatic carbocycles. The summed E-state index contributed by atoms with van der Waals surface area (Å²) in [5.41, 5.74) is 0.951. The number of carbonyl (C=O) groups excluding carboxylic acids is 1. The molecule has 6 nitrogen and oxygen atoms in total. The second kappa shape index (κ2) is 9.56. The Balaban J connectivity index is 1.86. The van der Waals surface area contributed by atoms with Crippen LogP contribution in [0.15, 0.2) is 18.2 Å². The van der Waals surface area contributed by atoms with Gasteiger partial charge in [-0.15, -0.1) is 11.8 Å². The zero-order valence-corrected chi connectivity index (χ0v) is 15.3. The Hall–Kier alpha value is -1.89. The lowest BCUT2D eigenvalue weighted by Crippen LogP contribution is -2.30. The second-order valence-corrected chi connectivity index (χ2v) is 7.24. The maximum Gasteiger partial charge on any atom is 0.303 e. The van der Waals surface area contributed by atoms with Gasteiger partial charge in [-0.25, -0.2) is 0 Å². The number of ether oxygens (including phenoxy) is 1. The lowest BCUT2D eigenvalue weighted by molar-refractivity contribution is -0.137. The average Bonchev–Trinajstić information content (AvgIpc) is 3.07. The van der Waals surface area contributed by atoms with E-state index in [1.54, 1.807) is 23.9 Å². The number of benzene rings is 1. The number of hydrogen-bond acceptors (Lipinski definition) is 5. The molecule has 1 aliphatic rings. The van der Waals surface area contributed by atoms with Crippen molar-refractivity contribution in [2.75, 3.05) is 19.4 Å². The SMILES string of the molecule is COc1cc(C2SCCN2C(=O)CCCCCCC(=O)O)ccc1O. The summed E-state index contributed by atoms with van der Waals surface area (Å²) in [5.74, 6) is 0.750. The van der Waals surface area contributed by atoms with Crippen molar-refractivity contribution in [1.82, 2.24) is 4.90 Å². The molecule has 25 heavy (non-hydrogen) atoms. The van der Waals surface area contributed by atoms with E-state index < -0.39 is 5.97 Å². The standard InChI is InChI=1S/C18H25NO5S/c1-24-15-12-13(8-9-14(15)20)18-19(10-11-25-18)16(21)6-4-2-3-5-7-17(22)23/h8-9,12,18,20H,2-7,10-11H2,1H3,(H,22,23). The van der Waals surface area contributed by atoms with Crippen molar-refractivity contribution in [2.45, 2.75) is 43.9 Å². The van der Waals surface area contributed by atoms with E-state index in [9.17, 15) is 14.7 Å². The second-order valence-electron chi connectivity index (χ2n) is 6.05. The van der Waals surface area contributed by atoms with Crippen molar-refractivity contribution in [3.63, 3.8) is 0 Å². The zero-order valence-electron chi connectivity index (χ0n) is 14.4. The Bertz CT molecular complexity index is 607. The highest BCUT2D eigenvalue weighted by Gasteiger charge is 2.30. The van der Waals surface area contributed by atoms with E-state index in [1.807, 2.05) is 11.0 Å². The number of carboxylic acid groups (broad SMARTS) is 1. The molecule has 1 atom stereocenters. The van der Waals surface area contributed by atoms with Crippen LogP contribution in [0.4, 0.5) is 0 Å². The molecule has 1 unspecified atom stereocenters. The van der Waals surface area contributed by atoms with Crippen molar-refractivity contribution in [1.29, 1.82) is 0 Å². The van der Waals surface area contributed by atoms with Crippen LogP contribution < -0.4 is 4.74 Å². The third kappa shape index (κ3) is 5.56. The number of methoxy groups -OCH3 is 1. The maximum absolute atomic E-state index is 12.5. The number of rotatable bonds is 9. The zero-order chi connectivity index (χ0) is 18.2. The molecule has 0 radical (unpaired) electrons. The van der Waals surface area contributed by atoms with Gasteiger partial charge >= 0.3 is 5.97 Å². The smallest absolute Gasteiger partial charge is 0.303 e. The van der Waals surface area contributed by atoms with E-state index >= 15 is 0 Å². The van der Waals surface area contributed by atoms with E-state index in [0.29, 0.717) is 18.6 Å². The largest absolute Gasteiger partial charge is 0.504 e. The molecule has 2 N–H and O–H groups in total. The van der Waals surface area contributed by atoms with Crippen LogP contribution in [0.25, 0.3) is 0 Å². The minimum atomic E-state index is -0.766. The lowest BCUT2D eigenvalue weighted by Gasteiger charge is -2.24. The first-order chi connectivity index (χ1) is 12.0. The highest BCUT2D eigenvalue weighted by Crippen LogP contribution is 2.41. The number of phenolic OH excluding ortho intramolecular Hbond substituents is 1. The monoisotopic (exact) mass is 367 g/mol. The van der Waals surface area contributed by atoms with Crippen molar-refractivity contribution >= 4 is 23.6 Å². The number of amides is 1. The van der Waals surface area contributed by atoms with E-state index in [2.05, 4.69) is 0 Å². The van der Waals surface area contributed by atoms with E-state index in [1.165, 1.54) is 7.11 Å². The molecule has 0 bridgehead atoms. The summed E-state index contributed by atoms with van der Waals surface area (Å²) in [5, 5.41) is 18.3. The van der Waals surface area contributed by atoms with Gasteiger partial charge in [-0.2, -0.15) is 0 Å². The number of carbonyl (C=O) groups is 2. The molecule has 1 fully saturated rings. The lowest BCUT2D eigenvalue weighted by atomic mass is 10.1. The van der Waals surface area contributed by atoms with Crippen LogP contribution in [-0.4, -0.2) is 46.4 Å². The Morgan fingerprint density at radius 3 is 2.64 bits per heavy atom. The summed E-state index contributed by atoms with van der Waals surface area (Å²) >= 11 is 1.71. The van der Waals surface area contributed by atoms with Gasteiger partial charge in [-0.3, -0.25) is 9.59 Å². The molecule has 1 amide bonds. The van der Waals surface area contributed by atoms with E-state index in [0.717, 1.165) is 37.1 Å². The molecule has 1 aromatic carbocycles. The fourth-order valence-corrected chi connectivity index (χ4v) is 4.17. The Kier molecular flexibility index (Phi) is 7.43. The average molecular weight is 367 g/mol. The predicted molar refractivity (Wildman–Crippen MR) is 96.9 cm³/mol. The number of aliphatic carboxylic acids is 1. The van der Waals surface area contributed by atoms with Gasteiger partial charge in [-0.05, 0) is 30.5 Å². The molecule has 0 spiro atoms. The number of hydrogen-bond donors (Lipinski definition) is 2. The van der Waals surface area contributed by atoms with Crippen molar-refractivity contribution < 1.29 is 24.5 Å². The number of nitrogens with zero attached hydrogens (tertiary/aromatic N) is 1. The number of phenols is 1. The van der Waals surface area contributed by atoms with E-state index in [-0.39, 0.29) is 23.5 Å². The Morgan fingerprint density at radius 1 is 1.24 bits per heavy atom. The van der Waals surface area contributed by atoms with Crippen molar-refractivity contribution in [2.24, 2.45) is 0 Å². The summed E-state index contributed by atoms with van der Waals surface area (Å²) in [6.45, 7) is 0.719. The van der Waals surface area contributed by atoms with Gasteiger partial charge in [0.25, 0.3) is 0 Å². The molecule has 1 aliphatic heterocycles. The number of aromatic hydroxyl groups is 1. The quantitative estimate of drug-likeness (QED) is 0.651. The summed E-state index contributed by atoms with van der Waals surface area (Å²) < 4.78 is 5.16. The van der Waals surface area contributed by atoms with Gasteiger partial charge in [0, 0.05) is 25.1 Å². The summed E-state index contributed by atoms with van der Waals surface area (Å²) in [6, 6.07) is 5.20. The first-order valence-electron chi connectivity index (χ1n) is 8.52. The first kappa shape index (κ1) is 19.4. The molecule has 7 heteroatoms. The van der Waals surface area contributed by atoms with E-state index in [4.69, 9.17) is 9.84 Å². The van der Waals surface area contributed by atoms with Crippen LogP contribution >= 0.6 is 11.8 Å². The highest BCUT2D eigenvalue weighted by molar-refractivity contribution is 7.99. The molecule has 2 rings (SSSR count). The third-order valence-electron chi connectivity index (χ3n) is 4.23. The molecule has 0 aromatic heterocycles. The maximum atomic E-state index is 12.5. The van der Waals surface area contributed by atoms with Crippen LogP contribution in [0.3, 0.4) is 0 Å². The van der Waals surface area contributed by atoms with Gasteiger partial charge in [0.05, 0.1) is 7.11 Å². The molecule has 1 saturated heterocycles. The van der Waals surface area contributed by atoms with Gasteiger partial charge in [0.15, 0.2) is 11.5 Å². The summed E-state index contributed by atoms with van der Waals surface area (Å²) in [6.07, 6.45) is 3.84. The summed E-state index contributed by atoms with van der Waals surface area (Å²) in [7, 11) is 1.51. The summed E-state index contributed by atoms with van der Waals surface area (Å²) in [4.78, 5) is 24.9. The Morgan fingerprint density at radius 2 is 1.96 bits per heavy atom. The molecule has 1 heterocycles. The first-order valence-corrected chi connectivity index (χ1v) is 9.57. The van der Waals surface area contributed by atoms with Crippen LogP contribution in [0, 0.1) is 0 Å². The molecule has 1 aromatic rings. The molecule has 0 saturated carbocycles. The minimum Gasteiger partial charge on any atom is -0.504 e. The number of thioether (sulfide) groups is 1. The Labute approximate surface area is 152 Å². The van der Waals surface area contributed by atoms with Crippen molar-refractivity contribution in [3.05, 3.63) is 23.8 Å². The van der Waals surface area contributed by atoms with Crippen LogP contribution in [0.5, 0.6) is 11.5 Å². The third-order valence-corrected chi connectivity index (χ3v) is 5.49. The van der Waals surface area contributed by atoms with Gasteiger partial charge < -0.3 is 19.8 Å². The van der Waals surface area contributed by atoms with Crippen LogP contribution in [0.2, 0.25) is 0 Å². The topological polar surface area (TPSA) is 87.1 Å².